The molecule has 2 aromatic rings. The molecule has 19 heavy (non-hydrogen) atoms. The fourth-order valence-electron chi connectivity index (χ4n) is 1.85. The number of thioether (sulfide) groups is 1. The highest BCUT2D eigenvalue weighted by atomic mass is 127. The summed E-state index contributed by atoms with van der Waals surface area (Å²) in [4.78, 5) is 0. The molecule has 1 aromatic carbocycles. The van der Waals surface area contributed by atoms with Crippen molar-refractivity contribution < 1.29 is 33.8 Å². The van der Waals surface area contributed by atoms with Crippen molar-refractivity contribution in [2.75, 3.05) is 6.26 Å². The largest absolute Gasteiger partial charge is 1.00 e. The van der Waals surface area contributed by atoms with Crippen LogP contribution >= 0.6 is 11.8 Å². The highest BCUT2D eigenvalue weighted by molar-refractivity contribution is 7.98. The van der Waals surface area contributed by atoms with Crippen LogP contribution in [-0.2, 0) is 7.05 Å². The van der Waals surface area contributed by atoms with Gasteiger partial charge in [0.25, 0.3) is 0 Å². The van der Waals surface area contributed by atoms with Gasteiger partial charge in [-0.15, -0.1) is 0 Å². The van der Waals surface area contributed by atoms with Crippen LogP contribution in [0.15, 0.2) is 40.8 Å². The van der Waals surface area contributed by atoms with Crippen molar-refractivity contribution in [3.63, 3.8) is 0 Å². The number of benzene rings is 1. The molecule has 0 unspecified atom stereocenters. The molecule has 0 aliphatic heterocycles. The number of nitrogens with zero attached hydrogens (tertiary/aromatic N) is 3. The second-order valence-corrected chi connectivity index (χ2v) is 4.82. The summed E-state index contributed by atoms with van der Waals surface area (Å²) >= 11 is 1.65. The molecule has 1 heterocycles. The summed E-state index contributed by atoms with van der Waals surface area (Å²) in [6.45, 7) is 2.07. The van der Waals surface area contributed by atoms with Crippen LogP contribution in [0.5, 0.6) is 0 Å². The van der Waals surface area contributed by atoms with Gasteiger partial charge in [0.1, 0.15) is 18.1 Å². The van der Waals surface area contributed by atoms with Crippen molar-refractivity contribution in [3.8, 4) is 5.69 Å². The second kappa shape index (κ2) is 6.95. The molecule has 1 aromatic heterocycles. The molecule has 1 N–H and O–H groups in total. The van der Waals surface area contributed by atoms with E-state index in [1.54, 1.807) is 11.8 Å². The lowest BCUT2D eigenvalue weighted by atomic mass is 10.2. The monoisotopic (exact) mass is 389 g/mol. The molecule has 0 saturated heterocycles. The summed E-state index contributed by atoms with van der Waals surface area (Å²) in [5.41, 5.74) is 3.18. The van der Waals surface area contributed by atoms with Crippen LogP contribution < -0.4 is 28.5 Å². The Morgan fingerprint density at radius 2 is 1.95 bits per heavy atom. The van der Waals surface area contributed by atoms with E-state index >= 15 is 0 Å². The van der Waals surface area contributed by atoms with Crippen molar-refractivity contribution >= 4 is 18.0 Å². The van der Waals surface area contributed by atoms with Gasteiger partial charge in [0.05, 0.1) is 7.05 Å². The molecular formula is C13H16IN3OS. The van der Waals surface area contributed by atoms with Gasteiger partial charge in [-0.3, -0.25) is 0 Å². The number of hydrogen-bond donors (Lipinski definition) is 1. The molecule has 102 valence electrons. The highest BCUT2D eigenvalue weighted by Gasteiger charge is 2.20. The molecule has 0 bridgehead atoms. The Morgan fingerprint density at radius 3 is 2.47 bits per heavy atom. The predicted octanol–water partition coefficient (Wildman–Crippen LogP) is -0.856. The van der Waals surface area contributed by atoms with Gasteiger partial charge in [-0.25, -0.2) is 4.57 Å². The number of aryl methyl sites for hydroxylation is 1. The van der Waals surface area contributed by atoms with Crippen molar-refractivity contribution in [2.24, 2.45) is 12.2 Å². The summed E-state index contributed by atoms with van der Waals surface area (Å²) in [5, 5.41) is 12.8. The fourth-order valence-corrected chi connectivity index (χ4v) is 2.58. The molecule has 0 aliphatic rings. The first-order valence-electron chi connectivity index (χ1n) is 5.57. The number of aromatic nitrogens is 2. The van der Waals surface area contributed by atoms with E-state index in [4.69, 9.17) is 5.21 Å². The minimum atomic E-state index is 0. The summed E-state index contributed by atoms with van der Waals surface area (Å²) in [7, 11) is 1.95. The first-order valence-corrected chi connectivity index (χ1v) is 6.79. The lowest BCUT2D eigenvalue weighted by Gasteiger charge is -2.00. The van der Waals surface area contributed by atoms with Gasteiger partial charge in [0.2, 0.25) is 0 Å². The maximum Gasteiger partial charge on any atom is 0.323 e. The van der Waals surface area contributed by atoms with E-state index in [1.807, 2.05) is 24.1 Å². The summed E-state index contributed by atoms with van der Waals surface area (Å²) in [5.74, 6) is 0. The van der Waals surface area contributed by atoms with E-state index in [0.717, 1.165) is 16.5 Å². The fraction of sp³-hybridized carbons (Fsp3) is 0.231. The Labute approximate surface area is 134 Å². The molecule has 0 aliphatic carbocycles. The molecule has 0 radical (unpaired) electrons. The maximum absolute atomic E-state index is 8.66. The van der Waals surface area contributed by atoms with Gasteiger partial charge >= 0.3 is 5.16 Å². The Bertz CT molecular complexity index is 578. The van der Waals surface area contributed by atoms with E-state index < -0.39 is 0 Å². The number of halogens is 1. The van der Waals surface area contributed by atoms with Gasteiger partial charge in [-0.2, -0.15) is 4.57 Å². The first-order chi connectivity index (χ1) is 8.67. The van der Waals surface area contributed by atoms with Crippen LogP contribution in [0.4, 0.5) is 0 Å². The van der Waals surface area contributed by atoms with Crippen LogP contribution in [0.25, 0.3) is 5.69 Å². The average Bonchev–Trinajstić information content (AvgIpc) is 2.68. The van der Waals surface area contributed by atoms with Crippen LogP contribution in [0.1, 0.15) is 11.3 Å². The van der Waals surface area contributed by atoms with Crippen molar-refractivity contribution in [3.05, 3.63) is 41.7 Å². The average molecular weight is 389 g/mol. The molecule has 6 heteroatoms. The van der Waals surface area contributed by atoms with Gasteiger partial charge in [-0.05, 0) is 37.1 Å². The van der Waals surface area contributed by atoms with Gasteiger partial charge < -0.3 is 29.2 Å². The molecule has 0 spiro atoms. The Hall–Kier alpha value is -1.02. The minimum absolute atomic E-state index is 0. The smallest absolute Gasteiger partial charge is 0.323 e. The van der Waals surface area contributed by atoms with Crippen LogP contribution in [0.2, 0.25) is 0 Å². The normalized spacial score (nSPS) is 10.7. The zero-order valence-electron chi connectivity index (χ0n) is 11.0. The molecule has 0 amide bonds. The molecule has 4 nitrogen and oxygen atoms in total. The van der Waals surface area contributed by atoms with E-state index in [9.17, 15) is 0 Å². The van der Waals surface area contributed by atoms with E-state index in [0.29, 0.717) is 0 Å². The van der Waals surface area contributed by atoms with E-state index in [-0.39, 0.29) is 24.0 Å². The van der Waals surface area contributed by atoms with Gasteiger partial charge in [0, 0.05) is 0 Å². The number of rotatable bonds is 3. The topological polar surface area (TPSA) is 41.4 Å². The maximum atomic E-state index is 8.66. The highest BCUT2D eigenvalue weighted by Crippen LogP contribution is 2.14. The molecule has 2 rings (SSSR count). The minimum Gasteiger partial charge on any atom is -1.00 e. The number of hydrogen-bond acceptors (Lipinski definition) is 3. The summed E-state index contributed by atoms with van der Waals surface area (Å²) in [6.07, 6.45) is 5.42. The second-order valence-electron chi connectivity index (χ2n) is 4.05. The Morgan fingerprint density at radius 1 is 1.32 bits per heavy atom. The number of oxime groups is 1. The van der Waals surface area contributed by atoms with Crippen LogP contribution in [-0.4, -0.2) is 22.2 Å². The zero-order chi connectivity index (χ0) is 13.1. The number of imidazole rings is 1. The summed E-state index contributed by atoms with van der Waals surface area (Å²) in [6, 6.07) is 8.32. The van der Waals surface area contributed by atoms with Crippen LogP contribution in [0.3, 0.4) is 0 Å². The standard InChI is InChI=1S/C13H15N3OS.HI/c1-10-4-6-11(7-5-10)16-9-12(8-14-17)15(2)13(16)18-3;/h4-9H,1-3H3;1H/b14-8+;. The first kappa shape index (κ1) is 16.0. The third-order valence-electron chi connectivity index (χ3n) is 2.83. The Balaban J connectivity index is 0.00000180. The third-order valence-corrected chi connectivity index (χ3v) is 3.66. The third kappa shape index (κ3) is 3.30. The quantitative estimate of drug-likeness (QED) is 0.186. The predicted molar refractivity (Wildman–Crippen MR) is 72.8 cm³/mol. The molecular weight excluding hydrogens is 373 g/mol. The Kier molecular flexibility index (Phi) is 5.86. The zero-order valence-corrected chi connectivity index (χ0v) is 14.0. The van der Waals surface area contributed by atoms with E-state index in [2.05, 4.69) is 40.9 Å². The van der Waals surface area contributed by atoms with E-state index in [1.165, 1.54) is 11.8 Å². The van der Waals surface area contributed by atoms with Crippen molar-refractivity contribution in [1.29, 1.82) is 0 Å². The van der Waals surface area contributed by atoms with Gasteiger partial charge in [-0.1, -0.05) is 22.9 Å². The lowest BCUT2D eigenvalue weighted by molar-refractivity contribution is -0.636. The SMILES string of the molecule is CSc1n(C)c(/C=N/O)c[n+]1-c1ccc(C)cc1.[I-]. The lowest BCUT2D eigenvalue weighted by Crippen LogP contribution is -3.00. The molecule has 0 atom stereocenters. The molecule has 0 fully saturated rings. The van der Waals surface area contributed by atoms with Gasteiger partial charge in [0.15, 0.2) is 5.69 Å². The summed E-state index contributed by atoms with van der Waals surface area (Å²) < 4.78 is 4.07. The molecule has 0 saturated carbocycles. The van der Waals surface area contributed by atoms with Crippen molar-refractivity contribution in [2.45, 2.75) is 12.1 Å². The van der Waals surface area contributed by atoms with Crippen LogP contribution in [0, 0.1) is 6.92 Å². The van der Waals surface area contributed by atoms with Crippen molar-refractivity contribution in [1.82, 2.24) is 4.57 Å².